The van der Waals surface area contributed by atoms with Crippen LogP contribution in [0.5, 0.6) is 5.75 Å². The number of halogens is 2. The first-order valence-corrected chi connectivity index (χ1v) is 6.47. The molecule has 0 unspecified atom stereocenters. The summed E-state index contributed by atoms with van der Waals surface area (Å²) in [5.41, 5.74) is 13.0. The number of hydrogen-bond donors (Lipinski definition) is 2. The van der Waals surface area contributed by atoms with Crippen molar-refractivity contribution < 1.29 is 4.84 Å². The van der Waals surface area contributed by atoms with Gasteiger partial charge in [0.1, 0.15) is 6.34 Å². The average Bonchev–Trinajstić information content (AvgIpc) is 2.36. The number of nitrogen functional groups attached to an aromatic ring is 2. The molecule has 1 aromatic rings. The summed E-state index contributed by atoms with van der Waals surface area (Å²) in [6.45, 7) is 2.40. The zero-order valence-corrected chi connectivity index (χ0v) is 11.9. The van der Waals surface area contributed by atoms with E-state index in [0.29, 0.717) is 33.7 Å². The molecule has 0 amide bonds. The third kappa shape index (κ3) is 3.05. The lowest BCUT2D eigenvalue weighted by molar-refractivity contribution is 0.0347. The Bertz CT molecular complexity index is 557. The van der Waals surface area contributed by atoms with E-state index in [9.17, 15) is 0 Å². The fourth-order valence-corrected chi connectivity index (χ4v) is 2.10. The molecule has 2 rings (SSSR count). The molecule has 0 atom stereocenters. The zero-order valence-electron chi connectivity index (χ0n) is 10.4. The summed E-state index contributed by atoms with van der Waals surface area (Å²) in [4.78, 5) is 9.78. The number of anilines is 2. The Morgan fingerprint density at radius 2 is 2.00 bits per heavy atom. The van der Waals surface area contributed by atoms with E-state index in [2.05, 4.69) is 4.99 Å². The highest BCUT2D eigenvalue weighted by Gasteiger charge is 2.15. The Morgan fingerprint density at radius 1 is 1.32 bits per heavy atom. The van der Waals surface area contributed by atoms with E-state index >= 15 is 0 Å². The van der Waals surface area contributed by atoms with E-state index in [1.807, 2.05) is 6.92 Å². The van der Waals surface area contributed by atoms with Gasteiger partial charge in [0.2, 0.25) is 0 Å². The van der Waals surface area contributed by atoms with Crippen LogP contribution in [-0.2, 0) is 0 Å². The molecule has 0 fully saturated rings. The number of hydroxylamine groups is 2. The summed E-state index contributed by atoms with van der Waals surface area (Å²) in [5.74, 6) is 0.407. The van der Waals surface area contributed by atoms with Gasteiger partial charge in [-0.15, -0.1) is 0 Å². The van der Waals surface area contributed by atoms with Crippen LogP contribution < -0.4 is 16.3 Å². The molecule has 0 radical (unpaired) electrons. The summed E-state index contributed by atoms with van der Waals surface area (Å²) < 4.78 is 0. The summed E-state index contributed by atoms with van der Waals surface area (Å²) in [7, 11) is 0. The van der Waals surface area contributed by atoms with E-state index in [4.69, 9.17) is 39.5 Å². The number of aliphatic imine (C=N–C) groups is 1. The first-order valence-electron chi connectivity index (χ1n) is 5.72. The van der Waals surface area contributed by atoms with Crippen LogP contribution >= 0.6 is 23.2 Å². The average molecular weight is 301 g/mol. The van der Waals surface area contributed by atoms with Crippen LogP contribution in [0.2, 0.25) is 5.02 Å². The van der Waals surface area contributed by atoms with Crippen molar-refractivity contribution in [2.24, 2.45) is 4.99 Å². The van der Waals surface area contributed by atoms with E-state index in [1.165, 1.54) is 5.06 Å². The quantitative estimate of drug-likeness (QED) is 0.841. The minimum atomic E-state index is 0.376. The van der Waals surface area contributed by atoms with Crippen molar-refractivity contribution in [3.8, 4) is 5.75 Å². The molecule has 0 saturated heterocycles. The highest BCUT2D eigenvalue weighted by Crippen LogP contribution is 2.32. The minimum absolute atomic E-state index is 0.376. The van der Waals surface area contributed by atoms with Crippen molar-refractivity contribution in [2.45, 2.75) is 13.3 Å². The lowest BCUT2D eigenvalue weighted by Crippen LogP contribution is -2.30. The highest BCUT2D eigenvalue weighted by molar-refractivity contribution is 6.32. The van der Waals surface area contributed by atoms with Gasteiger partial charge >= 0.3 is 0 Å². The molecule has 0 spiro atoms. The van der Waals surface area contributed by atoms with Crippen LogP contribution in [0.1, 0.15) is 13.3 Å². The maximum atomic E-state index is 6.11. The van der Waals surface area contributed by atoms with Crippen molar-refractivity contribution in [3.63, 3.8) is 0 Å². The van der Waals surface area contributed by atoms with Crippen LogP contribution in [0.15, 0.2) is 27.9 Å². The molecule has 5 nitrogen and oxygen atoms in total. The molecule has 1 aliphatic heterocycles. The molecule has 1 aliphatic rings. The predicted octanol–water partition coefficient (Wildman–Crippen LogP) is 3.00. The van der Waals surface area contributed by atoms with Gasteiger partial charge < -0.3 is 16.3 Å². The van der Waals surface area contributed by atoms with Gasteiger partial charge in [-0.2, -0.15) is 5.06 Å². The normalized spacial score (nSPS) is 15.0. The Balaban J connectivity index is 2.14. The highest BCUT2D eigenvalue weighted by atomic mass is 35.5. The van der Waals surface area contributed by atoms with Crippen molar-refractivity contribution >= 4 is 40.9 Å². The molecule has 0 saturated carbocycles. The van der Waals surface area contributed by atoms with Gasteiger partial charge in [-0.3, -0.25) is 0 Å². The van der Waals surface area contributed by atoms with Gasteiger partial charge in [-0.25, -0.2) is 4.99 Å². The molecule has 19 heavy (non-hydrogen) atoms. The molecule has 1 aromatic carbocycles. The number of rotatable bonds is 3. The number of allylic oxidation sites excluding steroid dienone is 1. The van der Waals surface area contributed by atoms with E-state index in [1.54, 1.807) is 18.5 Å². The Labute approximate surface area is 121 Å². The maximum absolute atomic E-state index is 6.11. The predicted molar refractivity (Wildman–Crippen MR) is 79.3 cm³/mol. The van der Waals surface area contributed by atoms with Crippen LogP contribution in [0.4, 0.5) is 11.4 Å². The molecular weight excluding hydrogens is 287 g/mol. The topological polar surface area (TPSA) is 76.9 Å². The van der Waals surface area contributed by atoms with E-state index in [0.717, 1.165) is 12.1 Å². The summed E-state index contributed by atoms with van der Waals surface area (Å²) >= 11 is 12.1. The van der Waals surface area contributed by atoms with Crippen LogP contribution in [0.25, 0.3) is 0 Å². The molecular formula is C12H14Cl2N4O. The van der Waals surface area contributed by atoms with E-state index in [-0.39, 0.29) is 0 Å². The first-order chi connectivity index (χ1) is 9.01. The Kier molecular flexibility index (Phi) is 4.07. The Morgan fingerprint density at radius 3 is 2.63 bits per heavy atom. The van der Waals surface area contributed by atoms with Crippen molar-refractivity contribution in [3.05, 3.63) is 27.9 Å². The van der Waals surface area contributed by atoms with Crippen LogP contribution in [-0.4, -0.2) is 17.9 Å². The second kappa shape index (κ2) is 5.59. The molecule has 0 bridgehead atoms. The Hall–Kier alpha value is -1.59. The van der Waals surface area contributed by atoms with Crippen LogP contribution in [0.3, 0.4) is 0 Å². The molecule has 0 aliphatic carbocycles. The lowest BCUT2D eigenvalue weighted by atomic mass is 10.2. The molecule has 7 heteroatoms. The smallest absolute Gasteiger partial charge is 0.176 e. The van der Waals surface area contributed by atoms with E-state index < -0.39 is 0 Å². The SMILES string of the molecule is CCC1=C(Cl)CN(Oc2cc(N)c(N)cc2Cl)C=N1. The van der Waals surface area contributed by atoms with Gasteiger partial charge in [-0.05, 0) is 12.5 Å². The third-order valence-electron chi connectivity index (χ3n) is 2.64. The standard InChI is InChI=1S/C12H14Cl2N4O/c1-2-11-8(14)5-18(6-17-11)19-12-4-10(16)9(15)3-7(12)13/h3-4,6H,2,5,15-16H2,1H3. The van der Waals surface area contributed by atoms with Crippen molar-refractivity contribution in [1.29, 1.82) is 0 Å². The van der Waals surface area contributed by atoms with Crippen molar-refractivity contribution in [1.82, 2.24) is 5.06 Å². The van der Waals surface area contributed by atoms with Gasteiger partial charge in [0.15, 0.2) is 5.75 Å². The first kappa shape index (κ1) is 13.8. The minimum Gasteiger partial charge on any atom is -0.397 e. The van der Waals surface area contributed by atoms with Crippen molar-refractivity contribution in [2.75, 3.05) is 18.0 Å². The summed E-state index contributed by atoms with van der Waals surface area (Å²) in [6.07, 6.45) is 2.34. The molecule has 4 N–H and O–H groups in total. The number of nitrogens with zero attached hydrogens (tertiary/aromatic N) is 2. The van der Waals surface area contributed by atoms with Gasteiger partial charge in [0.05, 0.1) is 33.7 Å². The summed E-state index contributed by atoms with van der Waals surface area (Å²) in [6, 6.07) is 3.11. The summed E-state index contributed by atoms with van der Waals surface area (Å²) in [5, 5.41) is 2.50. The van der Waals surface area contributed by atoms with Crippen LogP contribution in [0, 0.1) is 0 Å². The molecule has 102 valence electrons. The second-order valence-electron chi connectivity index (χ2n) is 4.03. The fourth-order valence-electron chi connectivity index (χ4n) is 1.59. The van der Waals surface area contributed by atoms with Gasteiger partial charge in [-0.1, -0.05) is 30.1 Å². The fraction of sp³-hybridized carbons (Fsp3) is 0.250. The largest absolute Gasteiger partial charge is 0.397 e. The third-order valence-corrected chi connectivity index (χ3v) is 3.27. The maximum Gasteiger partial charge on any atom is 0.176 e. The monoisotopic (exact) mass is 300 g/mol. The molecule has 0 aromatic heterocycles. The number of nitrogens with two attached hydrogens (primary N) is 2. The number of hydrogen-bond acceptors (Lipinski definition) is 5. The molecule has 1 heterocycles. The zero-order chi connectivity index (χ0) is 14.0. The van der Waals surface area contributed by atoms with Gasteiger partial charge in [0, 0.05) is 6.07 Å². The lowest BCUT2D eigenvalue weighted by Gasteiger charge is -2.24. The number of benzene rings is 1. The second-order valence-corrected chi connectivity index (χ2v) is 4.89. The van der Waals surface area contributed by atoms with Gasteiger partial charge in [0.25, 0.3) is 0 Å².